The van der Waals surface area contributed by atoms with Gasteiger partial charge in [0.2, 0.25) is 0 Å². The summed E-state index contributed by atoms with van der Waals surface area (Å²) in [5, 5.41) is 9.08. The highest BCUT2D eigenvalue weighted by atomic mass is 32.1. The number of aryl methyl sites for hydroxylation is 1. The fourth-order valence-electron chi connectivity index (χ4n) is 3.83. The van der Waals surface area contributed by atoms with E-state index < -0.39 is 0 Å². The van der Waals surface area contributed by atoms with E-state index in [1.165, 1.54) is 30.8 Å². The monoisotopic (exact) mass is 423 g/mol. The molecule has 0 bridgehead atoms. The van der Waals surface area contributed by atoms with Crippen LogP contribution in [-0.4, -0.2) is 52.1 Å². The minimum atomic E-state index is 0.394. The Bertz CT molecular complexity index is 940. The van der Waals surface area contributed by atoms with Crippen molar-refractivity contribution in [3.63, 3.8) is 0 Å². The van der Waals surface area contributed by atoms with Gasteiger partial charge in [0.1, 0.15) is 11.6 Å². The van der Waals surface area contributed by atoms with Gasteiger partial charge in [-0.05, 0) is 55.9 Å². The van der Waals surface area contributed by atoms with E-state index in [0.29, 0.717) is 12.6 Å². The predicted octanol–water partition coefficient (Wildman–Crippen LogP) is 3.14. The van der Waals surface area contributed by atoms with Crippen LogP contribution >= 0.6 is 11.3 Å². The minimum Gasteiger partial charge on any atom is -0.354 e. The van der Waals surface area contributed by atoms with Crippen LogP contribution < -0.4 is 10.6 Å². The Balaban J connectivity index is 1.33. The summed E-state index contributed by atoms with van der Waals surface area (Å²) < 4.78 is 1.97. The van der Waals surface area contributed by atoms with Crippen LogP contribution in [0.5, 0.6) is 0 Å². The number of guanidine groups is 1. The first kappa shape index (κ1) is 20.6. The largest absolute Gasteiger partial charge is 0.354 e. The summed E-state index contributed by atoms with van der Waals surface area (Å²) >= 11 is 1.83. The Morgan fingerprint density at radius 2 is 2.07 bits per heavy atom. The second-order valence-electron chi connectivity index (χ2n) is 7.45. The zero-order chi connectivity index (χ0) is 20.8. The average molecular weight is 424 g/mol. The van der Waals surface area contributed by atoms with Gasteiger partial charge in [0.05, 0.1) is 6.04 Å². The van der Waals surface area contributed by atoms with E-state index in [0.717, 1.165) is 29.7 Å². The van der Waals surface area contributed by atoms with Crippen LogP contribution in [-0.2, 0) is 6.54 Å². The molecule has 7 nitrogen and oxygen atoms in total. The maximum atomic E-state index is 4.56. The maximum absolute atomic E-state index is 4.56. The number of hydrogen-bond acceptors (Lipinski definition) is 5. The Labute approximate surface area is 181 Å². The van der Waals surface area contributed by atoms with Crippen molar-refractivity contribution in [2.24, 2.45) is 4.99 Å². The van der Waals surface area contributed by atoms with Crippen LogP contribution in [0.15, 0.2) is 53.2 Å². The second kappa shape index (κ2) is 9.86. The summed E-state index contributed by atoms with van der Waals surface area (Å²) in [6.07, 6.45) is 8.18. The van der Waals surface area contributed by atoms with Gasteiger partial charge >= 0.3 is 0 Å². The Hall–Kier alpha value is -2.71. The van der Waals surface area contributed by atoms with Gasteiger partial charge in [-0.15, -0.1) is 11.3 Å². The van der Waals surface area contributed by atoms with Gasteiger partial charge in [-0.25, -0.2) is 9.97 Å². The molecular weight excluding hydrogens is 394 g/mol. The van der Waals surface area contributed by atoms with Crippen molar-refractivity contribution in [2.45, 2.75) is 32.4 Å². The summed E-state index contributed by atoms with van der Waals surface area (Å²) in [7, 11) is 1.81. The minimum absolute atomic E-state index is 0.394. The van der Waals surface area contributed by atoms with Crippen LogP contribution in [0.3, 0.4) is 0 Å². The molecule has 1 aliphatic heterocycles. The average Bonchev–Trinajstić information content (AvgIpc) is 3.54. The third-order valence-electron chi connectivity index (χ3n) is 5.48. The Kier molecular flexibility index (Phi) is 6.76. The molecule has 1 atom stereocenters. The van der Waals surface area contributed by atoms with Crippen molar-refractivity contribution in [1.29, 1.82) is 0 Å². The molecule has 0 saturated carbocycles. The summed E-state index contributed by atoms with van der Waals surface area (Å²) in [5.41, 5.74) is 1.11. The van der Waals surface area contributed by atoms with Crippen LogP contribution in [0.25, 0.3) is 5.82 Å². The van der Waals surface area contributed by atoms with Crippen molar-refractivity contribution in [2.75, 3.05) is 26.7 Å². The normalized spacial score (nSPS) is 16.0. The van der Waals surface area contributed by atoms with Crippen molar-refractivity contribution >= 4 is 17.3 Å². The van der Waals surface area contributed by atoms with Crippen molar-refractivity contribution < 1.29 is 0 Å². The number of rotatable bonds is 7. The third kappa shape index (κ3) is 4.88. The van der Waals surface area contributed by atoms with Gasteiger partial charge < -0.3 is 10.6 Å². The van der Waals surface area contributed by atoms with E-state index in [1.807, 2.05) is 48.3 Å². The molecule has 0 amide bonds. The molecule has 4 rings (SSSR count). The lowest BCUT2D eigenvalue weighted by atomic mass is 10.2. The van der Waals surface area contributed by atoms with Gasteiger partial charge in [-0.3, -0.25) is 14.5 Å². The van der Waals surface area contributed by atoms with Gasteiger partial charge in [-0.1, -0.05) is 12.1 Å². The topological polar surface area (TPSA) is 70.4 Å². The molecule has 0 aromatic carbocycles. The highest BCUT2D eigenvalue weighted by Crippen LogP contribution is 2.27. The van der Waals surface area contributed by atoms with E-state index in [-0.39, 0.29) is 0 Å². The fraction of sp³-hybridized carbons (Fsp3) is 0.409. The predicted molar refractivity (Wildman–Crippen MR) is 122 cm³/mol. The number of nitrogens with one attached hydrogen (secondary N) is 2. The zero-order valence-electron chi connectivity index (χ0n) is 17.6. The lowest BCUT2D eigenvalue weighted by Crippen LogP contribution is -2.42. The van der Waals surface area contributed by atoms with E-state index in [1.54, 1.807) is 6.20 Å². The van der Waals surface area contributed by atoms with E-state index in [4.69, 9.17) is 0 Å². The van der Waals surface area contributed by atoms with E-state index in [2.05, 4.69) is 54.1 Å². The molecule has 158 valence electrons. The Morgan fingerprint density at radius 3 is 2.70 bits per heavy atom. The number of hydrogen-bond donors (Lipinski definition) is 2. The van der Waals surface area contributed by atoms with Gasteiger partial charge in [0, 0.05) is 43.6 Å². The number of thiophene rings is 1. The first-order valence-corrected chi connectivity index (χ1v) is 11.3. The van der Waals surface area contributed by atoms with Crippen molar-refractivity contribution in [3.05, 3.63) is 64.5 Å². The molecular formula is C22H29N7S. The summed E-state index contributed by atoms with van der Waals surface area (Å²) in [4.78, 5) is 17.2. The molecule has 0 spiro atoms. The van der Waals surface area contributed by atoms with Crippen LogP contribution in [0.1, 0.15) is 35.1 Å². The highest BCUT2D eigenvalue weighted by Gasteiger charge is 2.24. The zero-order valence-corrected chi connectivity index (χ0v) is 18.4. The lowest BCUT2D eigenvalue weighted by molar-refractivity contribution is 0.249. The van der Waals surface area contributed by atoms with Crippen LogP contribution in [0.2, 0.25) is 0 Å². The molecule has 1 fully saturated rings. The number of pyridine rings is 1. The molecule has 2 N–H and O–H groups in total. The smallest absolute Gasteiger partial charge is 0.191 e. The lowest BCUT2D eigenvalue weighted by Gasteiger charge is -2.27. The number of aromatic nitrogens is 3. The second-order valence-corrected chi connectivity index (χ2v) is 8.43. The van der Waals surface area contributed by atoms with Crippen molar-refractivity contribution in [1.82, 2.24) is 30.1 Å². The van der Waals surface area contributed by atoms with Gasteiger partial charge in [-0.2, -0.15) is 0 Å². The molecule has 0 aliphatic carbocycles. The molecule has 1 saturated heterocycles. The van der Waals surface area contributed by atoms with Crippen LogP contribution in [0.4, 0.5) is 0 Å². The molecule has 1 aliphatic rings. The number of nitrogens with zero attached hydrogens (tertiary/aromatic N) is 5. The molecule has 30 heavy (non-hydrogen) atoms. The van der Waals surface area contributed by atoms with Crippen molar-refractivity contribution in [3.8, 4) is 5.82 Å². The molecule has 3 aromatic rings. The summed E-state index contributed by atoms with van der Waals surface area (Å²) in [6, 6.07) is 8.87. The van der Waals surface area contributed by atoms with E-state index in [9.17, 15) is 0 Å². The molecule has 1 unspecified atom stereocenters. The maximum Gasteiger partial charge on any atom is 0.191 e. The standard InChI is InChI=1S/C22H29N7S/c1-17-24-9-12-29(17)21-8-7-18(14-25-21)15-26-22(23-2)27-16-19(20-6-5-13-30-20)28-10-3-4-11-28/h5-9,12-14,19H,3-4,10-11,15-16H2,1-2H3,(H2,23,26,27). The third-order valence-corrected chi connectivity index (χ3v) is 6.45. The first-order valence-electron chi connectivity index (χ1n) is 10.4. The van der Waals surface area contributed by atoms with E-state index >= 15 is 0 Å². The molecule has 8 heteroatoms. The molecule has 3 aromatic heterocycles. The quantitative estimate of drug-likeness (QED) is 0.451. The molecule has 0 radical (unpaired) electrons. The van der Waals surface area contributed by atoms with Gasteiger partial charge in [0.15, 0.2) is 5.96 Å². The number of imidazole rings is 1. The number of aliphatic imine (C=N–C) groups is 1. The first-order chi connectivity index (χ1) is 14.7. The Morgan fingerprint density at radius 1 is 1.20 bits per heavy atom. The highest BCUT2D eigenvalue weighted by molar-refractivity contribution is 7.10. The number of likely N-dealkylation sites (tertiary alicyclic amines) is 1. The SMILES string of the molecule is CN=C(NCc1ccc(-n2ccnc2C)nc1)NCC(c1cccs1)N1CCCC1. The fourth-order valence-corrected chi connectivity index (χ4v) is 4.69. The molecule has 4 heterocycles. The summed E-state index contributed by atoms with van der Waals surface area (Å²) in [6.45, 7) is 5.83. The van der Waals surface area contributed by atoms with Crippen LogP contribution in [0, 0.1) is 6.92 Å². The van der Waals surface area contributed by atoms with Gasteiger partial charge in [0.25, 0.3) is 0 Å². The summed E-state index contributed by atoms with van der Waals surface area (Å²) in [5.74, 6) is 2.61.